The first-order valence-electron chi connectivity index (χ1n) is 5.95. The normalized spacial score (nSPS) is 15.7. The number of ether oxygens (including phenoxy) is 1. The van der Waals surface area contributed by atoms with Crippen LogP contribution in [-0.2, 0) is 11.3 Å². The molecule has 1 aromatic rings. The molecule has 1 aliphatic carbocycles. The van der Waals surface area contributed by atoms with E-state index < -0.39 is 0 Å². The molecule has 3 nitrogen and oxygen atoms in total. The van der Waals surface area contributed by atoms with Gasteiger partial charge in [0, 0.05) is 19.1 Å². The minimum Gasteiger partial charge on any atom is -0.394 e. The Balaban J connectivity index is 1.76. The molecule has 17 heavy (non-hydrogen) atoms. The minimum absolute atomic E-state index is 0.112. The third-order valence-electron chi connectivity index (χ3n) is 2.83. The lowest BCUT2D eigenvalue weighted by atomic mass is 10.3. The van der Waals surface area contributed by atoms with Crippen LogP contribution in [0.4, 0.5) is 0 Å². The highest BCUT2D eigenvalue weighted by Gasteiger charge is 2.28. The van der Waals surface area contributed by atoms with E-state index in [1.807, 2.05) is 0 Å². The molecule has 0 bridgehead atoms. The summed E-state index contributed by atoms with van der Waals surface area (Å²) in [6.07, 6.45) is 2.62. The maximum absolute atomic E-state index is 8.65. The van der Waals surface area contributed by atoms with Crippen molar-refractivity contribution < 1.29 is 9.84 Å². The summed E-state index contributed by atoms with van der Waals surface area (Å²) in [4.78, 5) is 2.48. The zero-order chi connectivity index (χ0) is 12.1. The van der Waals surface area contributed by atoms with Gasteiger partial charge in [0.25, 0.3) is 0 Å². The van der Waals surface area contributed by atoms with Crippen LogP contribution in [0.5, 0.6) is 0 Å². The van der Waals surface area contributed by atoms with E-state index in [1.54, 1.807) is 11.3 Å². The molecule has 0 unspecified atom stereocenters. The van der Waals surface area contributed by atoms with Crippen LogP contribution in [0.1, 0.15) is 18.4 Å². The summed E-state index contributed by atoms with van der Waals surface area (Å²) in [6.45, 7) is 3.24. The fourth-order valence-corrected chi connectivity index (χ4v) is 3.04. The third kappa shape index (κ3) is 4.67. The van der Waals surface area contributed by atoms with Crippen molar-refractivity contribution in [3.63, 3.8) is 0 Å². The number of aliphatic hydroxyl groups excluding tert-OH is 1. The van der Waals surface area contributed by atoms with Gasteiger partial charge < -0.3 is 9.84 Å². The van der Waals surface area contributed by atoms with Crippen molar-refractivity contribution in [3.8, 4) is 0 Å². The summed E-state index contributed by atoms with van der Waals surface area (Å²) in [5, 5.41) is 10.9. The van der Waals surface area contributed by atoms with Gasteiger partial charge in [-0.25, -0.2) is 0 Å². The van der Waals surface area contributed by atoms with Gasteiger partial charge in [-0.2, -0.15) is 0 Å². The van der Waals surface area contributed by atoms with Gasteiger partial charge in [0.1, 0.15) is 0 Å². The molecule has 2 rings (SSSR count). The van der Waals surface area contributed by atoms with Crippen molar-refractivity contribution in [1.82, 2.24) is 4.90 Å². The molecule has 0 spiro atoms. The topological polar surface area (TPSA) is 32.7 Å². The molecule has 0 atom stereocenters. The second-order valence-corrected chi connectivity index (χ2v) is 6.59. The monoisotopic (exact) mass is 319 g/mol. The van der Waals surface area contributed by atoms with Crippen LogP contribution in [0, 0.1) is 0 Å². The highest BCUT2D eigenvalue weighted by molar-refractivity contribution is 9.11. The molecular formula is C12H18BrNO2S. The maximum atomic E-state index is 8.65. The van der Waals surface area contributed by atoms with Crippen LogP contribution < -0.4 is 0 Å². The SMILES string of the molecule is OCCOCCN(Cc1csc(Br)c1)C1CC1. The van der Waals surface area contributed by atoms with Crippen LogP contribution in [0.3, 0.4) is 0 Å². The lowest BCUT2D eigenvalue weighted by Crippen LogP contribution is -2.29. The zero-order valence-electron chi connectivity index (χ0n) is 9.77. The van der Waals surface area contributed by atoms with Gasteiger partial charge in [0.05, 0.1) is 23.6 Å². The molecule has 0 aliphatic heterocycles. The largest absolute Gasteiger partial charge is 0.394 e. The van der Waals surface area contributed by atoms with Gasteiger partial charge in [0.15, 0.2) is 0 Å². The Morgan fingerprint density at radius 2 is 2.29 bits per heavy atom. The van der Waals surface area contributed by atoms with E-state index >= 15 is 0 Å². The summed E-state index contributed by atoms with van der Waals surface area (Å²) in [7, 11) is 0. The third-order valence-corrected chi connectivity index (χ3v) is 4.38. The summed E-state index contributed by atoms with van der Waals surface area (Å²) < 4.78 is 6.53. The van der Waals surface area contributed by atoms with E-state index in [4.69, 9.17) is 9.84 Å². The molecule has 0 saturated heterocycles. The lowest BCUT2D eigenvalue weighted by Gasteiger charge is -2.21. The van der Waals surface area contributed by atoms with Crippen LogP contribution in [0.25, 0.3) is 0 Å². The van der Waals surface area contributed by atoms with Crippen molar-refractivity contribution in [3.05, 3.63) is 20.8 Å². The Labute approximate surface area is 115 Å². The molecule has 0 aromatic carbocycles. The minimum atomic E-state index is 0.112. The molecule has 1 aromatic heterocycles. The molecule has 1 saturated carbocycles. The Morgan fingerprint density at radius 1 is 1.47 bits per heavy atom. The average molecular weight is 320 g/mol. The van der Waals surface area contributed by atoms with E-state index in [-0.39, 0.29) is 6.61 Å². The van der Waals surface area contributed by atoms with E-state index in [9.17, 15) is 0 Å². The smallest absolute Gasteiger partial charge is 0.0701 e. The summed E-state index contributed by atoms with van der Waals surface area (Å²) in [5.41, 5.74) is 1.37. The Morgan fingerprint density at radius 3 is 2.88 bits per heavy atom. The molecule has 5 heteroatoms. The number of aliphatic hydroxyl groups is 1. The van der Waals surface area contributed by atoms with E-state index in [0.29, 0.717) is 13.2 Å². The highest BCUT2D eigenvalue weighted by atomic mass is 79.9. The average Bonchev–Trinajstić information content (AvgIpc) is 3.08. The maximum Gasteiger partial charge on any atom is 0.0701 e. The number of hydrogen-bond acceptors (Lipinski definition) is 4. The second-order valence-electron chi connectivity index (χ2n) is 4.30. The van der Waals surface area contributed by atoms with Gasteiger partial charge in [0.2, 0.25) is 0 Å². The zero-order valence-corrected chi connectivity index (χ0v) is 12.2. The molecular weight excluding hydrogens is 302 g/mol. The molecule has 0 radical (unpaired) electrons. The van der Waals surface area contributed by atoms with Gasteiger partial charge in [-0.3, -0.25) is 4.90 Å². The first-order valence-corrected chi connectivity index (χ1v) is 7.62. The van der Waals surface area contributed by atoms with Gasteiger partial charge in [-0.15, -0.1) is 11.3 Å². The van der Waals surface area contributed by atoms with E-state index in [2.05, 4.69) is 32.3 Å². The van der Waals surface area contributed by atoms with E-state index in [0.717, 1.165) is 19.1 Å². The quantitative estimate of drug-likeness (QED) is 0.747. The number of thiophene rings is 1. The van der Waals surface area contributed by atoms with Crippen molar-refractivity contribution in [2.24, 2.45) is 0 Å². The van der Waals surface area contributed by atoms with Crippen LogP contribution in [0.2, 0.25) is 0 Å². The molecule has 1 N–H and O–H groups in total. The van der Waals surface area contributed by atoms with Crippen molar-refractivity contribution >= 4 is 27.3 Å². The van der Waals surface area contributed by atoms with Crippen LogP contribution >= 0.6 is 27.3 Å². The lowest BCUT2D eigenvalue weighted by molar-refractivity contribution is 0.0702. The fourth-order valence-electron chi connectivity index (χ4n) is 1.84. The number of nitrogens with zero attached hydrogens (tertiary/aromatic N) is 1. The highest BCUT2D eigenvalue weighted by Crippen LogP contribution is 2.29. The van der Waals surface area contributed by atoms with Gasteiger partial charge >= 0.3 is 0 Å². The molecule has 1 heterocycles. The fraction of sp³-hybridized carbons (Fsp3) is 0.667. The van der Waals surface area contributed by atoms with Gasteiger partial charge in [-0.05, 0) is 45.8 Å². The summed E-state index contributed by atoms with van der Waals surface area (Å²) in [6, 6.07) is 2.93. The second kappa shape index (κ2) is 6.85. The predicted molar refractivity (Wildman–Crippen MR) is 73.4 cm³/mol. The van der Waals surface area contributed by atoms with Crippen molar-refractivity contribution in [2.75, 3.05) is 26.4 Å². The Hall–Kier alpha value is 0.0600. The summed E-state index contributed by atoms with van der Waals surface area (Å²) in [5.74, 6) is 0. The first kappa shape index (κ1) is 13.5. The van der Waals surface area contributed by atoms with E-state index in [1.165, 1.54) is 22.2 Å². The standard InChI is InChI=1S/C12H18BrNO2S/c13-12-7-10(9-17-12)8-14(11-1-2-11)3-5-16-6-4-15/h7,9,11,15H,1-6,8H2. The Bertz CT molecular complexity index is 341. The van der Waals surface area contributed by atoms with Crippen LogP contribution in [0.15, 0.2) is 15.2 Å². The number of hydrogen-bond donors (Lipinski definition) is 1. The van der Waals surface area contributed by atoms with Crippen LogP contribution in [-0.4, -0.2) is 42.4 Å². The van der Waals surface area contributed by atoms with Crippen molar-refractivity contribution in [1.29, 1.82) is 0 Å². The molecule has 1 aliphatic rings. The summed E-state index contributed by atoms with van der Waals surface area (Å²) >= 11 is 5.23. The van der Waals surface area contributed by atoms with Gasteiger partial charge in [-0.1, -0.05) is 0 Å². The number of halogens is 1. The molecule has 0 amide bonds. The Kier molecular flexibility index (Phi) is 5.44. The molecule has 96 valence electrons. The number of rotatable bonds is 8. The molecule has 1 fully saturated rings. The van der Waals surface area contributed by atoms with Crippen molar-refractivity contribution in [2.45, 2.75) is 25.4 Å². The first-order chi connectivity index (χ1) is 8.29. The predicted octanol–water partition coefficient (Wildman–Crippen LogP) is 2.48.